The van der Waals surface area contributed by atoms with Crippen molar-refractivity contribution in [2.75, 3.05) is 10.6 Å². The Balaban J connectivity index is 1.83. The highest BCUT2D eigenvalue weighted by Gasteiger charge is 2.05. The number of hydrogen-bond donors (Lipinski definition) is 2. The van der Waals surface area contributed by atoms with Crippen molar-refractivity contribution in [3.63, 3.8) is 0 Å². The Morgan fingerprint density at radius 3 is 2.30 bits per heavy atom. The Bertz CT molecular complexity index is 822. The van der Waals surface area contributed by atoms with Crippen LogP contribution in [-0.4, -0.2) is 9.97 Å². The third-order valence-electron chi connectivity index (χ3n) is 3.08. The zero-order chi connectivity index (χ0) is 16.2. The summed E-state index contributed by atoms with van der Waals surface area (Å²) in [7, 11) is 0. The molecule has 2 aromatic carbocycles. The van der Waals surface area contributed by atoms with Crippen LogP contribution in [0.15, 0.2) is 54.6 Å². The normalized spacial score (nSPS) is 10.4. The highest BCUT2D eigenvalue weighted by molar-refractivity contribution is 6.42. The fraction of sp³-hybridized carbons (Fsp3) is 0.0588. The first-order chi connectivity index (χ1) is 11.1. The molecule has 3 aromatic rings. The molecule has 2 N–H and O–H groups in total. The topological polar surface area (TPSA) is 49.8 Å². The predicted octanol–water partition coefficient (Wildman–Crippen LogP) is 5.58. The van der Waals surface area contributed by atoms with Crippen molar-refractivity contribution >= 4 is 46.3 Å². The molecule has 0 saturated carbocycles. The van der Waals surface area contributed by atoms with Crippen LogP contribution >= 0.6 is 23.2 Å². The average Bonchev–Trinajstić information content (AvgIpc) is 2.51. The molecule has 1 aromatic heterocycles. The lowest BCUT2D eigenvalue weighted by Gasteiger charge is -2.10. The first-order valence-electron chi connectivity index (χ1n) is 7.00. The van der Waals surface area contributed by atoms with Crippen molar-refractivity contribution in [1.29, 1.82) is 0 Å². The van der Waals surface area contributed by atoms with Gasteiger partial charge in [0.25, 0.3) is 0 Å². The lowest BCUT2D eigenvalue weighted by atomic mass is 10.3. The number of halogens is 2. The van der Waals surface area contributed by atoms with Gasteiger partial charge in [-0.05, 0) is 37.3 Å². The van der Waals surface area contributed by atoms with Crippen LogP contribution in [0.1, 0.15) is 5.69 Å². The summed E-state index contributed by atoms with van der Waals surface area (Å²) in [5.41, 5.74) is 2.59. The quantitative estimate of drug-likeness (QED) is 0.648. The maximum atomic E-state index is 6.02. The Morgan fingerprint density at radius 2 is 1.57 bits per heavy atom. The van der Waals surface area contributed by atoms with Crippen LogP contribution in [0.3, 0.4) is 0 Å². The highest BCUT2D eigenvalue weighted by atomic mass is 35.5. The number of aromatic nitrogens is 2. The summed E-state index contributed by atoms with van der Waals surface area (Å²) in [4.78, 5) is 8.85. The molecular formula is C17H14Cl2N4. The van der Waals surface area contributed by atoms with E-state index >= 15 is 0 Å². The van der Waals surface area contributed by atoms with Gasteiger partial charge in [0.15, 0.2) is 0 Å². The van der Waals surface area contributed by atoms with Gasteiger partial charge >= 0.3 is 0 Å². The van der Waals surface area contributed by atoms with Crippen LogP contribution in [0.25, 0.3) is 0 Å². The second-order valence-electron chi connectivity index (χ2n) is 4.96. The van der Waals surface area contributed by atoms with E-state index in [1.165, 1.54) is 0 Å². The third-order valence-corrected chi connectivity index (χ3v) is 3.82. The van der Waals surface area contributed by atoms with Crippen molar-refractivity contribution in [2.45, 2.75) is 6.92 Å². The fourth-order valence-corrected chi connectivity index (χ4v) is 2.36. The lowest BCUT2D eigenvalue weighted by molar-refractivity contribution is 1.11. The van der Waals surface area contributed by atoms with E-state index < -0.39 is 0 Å². The minimum atomic E-state index is 0.479. The maximum Gasteiger partial charge on any atom is 0.229 e. The van der Waals surface area contributed by atoms with Gasteiger partial charge in [0, 0.05) is 23.1 Å². The van der Waals surface area contributed by atoms with E-state index in [-0.39, 0.29) is 0 Å². The van der Waals surface area contributed by atoms with Crippen molar-refractivity contribution in [3.05, 3.63) is 70.3 Å². The summed E-state index contributed by atoms with van der Waals surface area (Å²) in [6, 6.07) is 17.0. The molecule has 23 heavy (non-hydrogen) atoms. The van der Waals surface area contributed by atoms with Crippen LogP contribution in [0.4, 0.5) is 23.1 Å². The van der Waals surface area contributed by atoms with Gasteiger partial charge < -0.3 is 10.6 Å². The number of hydrogen-bond acceptors (Lipinski definition) is 4. The van der Waals surface area contributed by atoms with Gasteiger partial charge in [-0.15, -0.1) is 0 Å². The molecular weight excluding hydrogens is 331 g/mol. The molecule has 4 nitrogen and oxygen atoms in total. The molecule has 116 valence electrons. The first kappa shape index (κ1) is 15.6. The minimum absolute atomic E-state index is 0.479. The van der Waals surface area contributed by atoms with Gasteiger partial charge in [0.05, 0.1) is 10.0 Å². The van der Waals surface area contributed by atoms with Gasteiger partial charge in [0.1, 0.15) is 5.82 Å². The molecule has 6 heteroatoms. The molecule has 1 heterocycles. The van der Waals surface area contributed by atoms with Crippen LogP contribution in [0.5, 0.6) is 0 Å². The number of nitrogens with one attached hydrogen (secondary N) is 2. The standard InChI is InChI=1S/C17H14Cl2N4/c1-11-9-16(21-12-5-3-2-4-6-12)23-17(20-11)22-13-7-8-14(18)15(19)10-13/h2-10H,1H3,(H2,20,21,22,23). The second-order valence-corrected chi connectivity index (χ2v) is 5.78. The van der Waals surface area contributed by atoms with Crippen molar-refractivity contribution < 1.29 is 0 Å². The van der Waals surface area contributed by atoms with E-state index in [2.05, 4.69) is 20.6 Å². The van der Waals surface area contributed by atoms with Gasteiger partial charge in [-0.25, -0.2) is 4.98 Å². The van der Waals surface area contributed by atoms with Crippen molar-refractivity contribution in [3.8, 4) is 0 Å². The Kier molecular flexibility index (Phi) is 4.65. The number of para-hydroxylation sites is 1. The second kappa shape index (κ2) is 6.86. The minimum Gasteiger partial charge on any atom is -0.340 e. The van der Waals surface area contributed by atoms with Crippen LogP contribution < -0.4 is 10.6 Å². The fourth-order valence-electron chi connectivity index (χ4n) is 2.06. The summed E-state index contributed by atoms with van der Waals surface area (Å²) in [6.07, 6.45) is 0. The summed E-state index contributed by atoms with van der Waals surface area (Å²) in [6.45, 7) is 1.91. The maximum absolute atomic E-state index is 6.02. The van der Waals surface area contributed by atoms with E-state index in [1.807, 2.05) is 49.4 Å². The summed E-state index contributed by atoms with van der Waals surface area (Å²) < 4.78 is 0. The van der Waals surface area contributed by atoms with Gasteiger partial charge in [-0.2, -0.15) is 4.98 Å². The molecule has 0 unspecified atom stereocenters. The van der Waals surface area contributed by atoms with Crippen LogP contribution in [0.2, 0.25) is 10.0 Å². The number of benzene rings is 2. The zero-order valence-corrected chi connectivity index (χ0v) is 13.9. The molecule has 0 saturated heterocycles. The monoisotopic (exact) mass is 344 g/mol. The van der Waals surface area contributed by atoms with E-state index in [1.54, 1.807) is 12.1 Å². The Morgan fingerprint density at radius 1 is 0.783 bits per heavy atom. The molecule has 0 bridgehead atoms. The van der Waals surface area contributed by atoms with Crippen molar-refractivity contribution in [2.24, 2.45) is 0 Å². The number of aryl methyl sites for hydroxylation is 1. The average molecular weight is 345 g/mol. The number of nitrogens with zero attached hydrogens (tertiary/aromatic N) is 2. The SMILES string of the molecule is Cc1cc(Nc2ccccc2)nc(Nc2ccc(Cl)c(Cl)c2)n1. The van der Waals surface area contributed by atoms with Crippen molar-refractivity contribution in [1.82, 2.24) is 9.97 Å². The summed E-state index contributed by atoms with van der Waals surface area (Å²) in [5, 5.41) is 7.37. The first-order valence-corrected chi connectivity index (χ1v) is 7.75. The smallest absolute Gasteiger partial charge is 0.229 e. The predicted molar refractivity (Wildman–Crippen MR) is 96.2 cm³/mol. The Hall–Kier alpha value is -2.30. The number of anilines is 4. The summed E-state index contributed by atoms with van der Waals surface area (Å²) in [5.74, 6) is 1.20. The molecule has 3 rings (SSSR count). The summed E-state index contributed by atoms with van der Waals surface area (Å²) >= 11 is 11.9. The van der Waals surface area contributed by atoms with E-state index in [4.69, 9.17) is 23.2 Å². The van der Waals surface area contributed by atoms with Gasteiger partial charge in [0.2, 0.25) is 5.95 Å². The molecule has 0 fully saturated rings. The molecule has 0 aliphatic heterocycles. The molecule has 0 aliphatic carbocycles. The van der Waals surface area contributed by atoms with Crippen LogP contribution in [0, 0.1) is 6.92 Å². The Labute approximate surface area is 144 Å². The van der Waals surface area contributed by atoms with E-state index in [0.29, 0.717) is 21.8 Å². The van der Waals surface area contributed by atoms with E-state index in [9.17, 15) is 0 Å². The van der Waals surface area contributed by atoms with Gasteiger partial charge in [-0.1, -0.05) is 41.4 Å². The third kappa shape index (κ3) is 4.12. The molecule has 0 spiro atoms. The zero-order valence-electron chi connectivity index (χ0n) is 12.3. The van der Waals surface area contributed by atoms with Crippen LogP contribution in [-0.2, 0) is 0 Å². The number of rotatable bonds is 4. The van der Waals surface area contributed by atoms with Gasteiger partial charge in [-0.3, -0.25) is 0 Å². The molecule has 0 atom stereocenters. The largest absolute Gasteiger partial charge is 0.340 e. The molecule has 0 radical (unpaired) electrons. The lowest BCUT2D eigenvalue weighted by Crippen LogP contribution is -2.02. The molecule has 0 amide bonds. The van der Waals surface area contributed by atoms with E-state index in [0.717, 1.165) is 17.1 Å². The highest BCUT2D eigenvalue weighted by Crippen LogP contribution is 2.26. The molecule has 0 aliphatic rings.